The van der Waals surface area contributed by atoms with Gasteiger partial charge in [-0.2, -0.15) is 0 Å². The molecule has 1 aromatic heterocycles. The van der Waals surface area contributed by atoms with E-state index in [2.05, 4.69) is 39.3 Å². The smallest absolute Gasteiger partial charge is 0.258 e. The van der Waals surface area contributed by atoms with Crippen molar-refractivity contribution in [2.24, 2.45) is 0 Å². The van der Waals surface area contributed by atoms with Crippen LogP contribution in [0.25, 0.3) is 11.0 Å². The van der Waals surface area contributed by atoms with Crippen LogP contribution in [0.3, 0.4) is 0 Å². The molecule has 10 heteroatoms. The Labute approximate surface area is 238 Å². The lowest BCUT2D eigenvalue weighted by Crippen LogP contribution is -2.43. The molecule has 0 bridgehead atoms. The van der Waals surface area contributed by atoms with E-state index in [4.69, 9.17) is 4.74 Å². The quantitative estimate of drug-likeness (QED) is 0.263. The summed E-state index contributed by atoms with van der Waals surface area (Å²) in [6.45, 7) is 8.55. The third kappa shape index (κ3) is 6.74. The second-order valence-electron chi connectivity index (χ2n) is 11.1. The van der Waals surface area contributed by atoms with E-state index < -0.39 is 11.5 Å². The number of fused-ring (bicyclic) bond motifs is 1. The number of amides is 1. The summed E-state index contributed by atoms with van der Waals surface area (Å²) in [5.74, 6) is 0.226. The van der Waals surface area contributed by atoms with Gasteiger partial charge in [-0.1, -0.05) is 18.2 Å². The Bertz CT molecular complexity index is 1570. The molecule has 4 aromatic rings. The number of ether oxygens (including phenoxy) is 1. The van der Waals surface area contributed by atoms with Gasteiger partial charge < -0.3 is 24.4 Å². The number of benzene rings is 3. The van der Waals surface area contributed by atoms with Crippen LogP contribution in [-0.2, 0) is 13.1 Å². The van der Waals surface area contributed by atoms with Gasteiger partial charge in [-0.25, -0.2) is 4.98 Å². The second-order valence-corrected chi connectivity index (χ2v) is 11.1. The Morgan fingerprint density at radius 2 is 1.83 bits per heavy atom. The maximum Gasteiger partial charge on any atom is 0.258 e. The zero-order chi connectivity index (χ0) is 29.1. The first kappa shape index (κ1) is 28.3. The summed E-state index contributed by atoms with van der Waals surface area (Å²) in [7, 11) is 2.14. The van der Waals surface area contributed by atoms with Crippen LogP contribution in [0, 0.1) is 0 Å². The molecule has 0 radical (unpaired) electrons. The summed E-state index contributed by atoms with van der Waals surface area (Å²) >= 11 is 0. The number of likely N-dealkylation sites (N-methyl/N-ethyl adjacent to an activating group) is 1. The number of phenolic OH excluding ortho intramolecular Hbond substituents is 1. The van der Waals surface area contributed by atoms with Crippen LogP contribution in [0.15, 0.2) is 60.7 Å². The molecule has 0 unspecified atom stereocenters. The first-order chi connectivity index (χ1) is 19.6. The standard InChI is InChI=1S/C31H35N5O5/c1-31(2,40)20-36-26-16-21(18-35-14-12-34(3)13-15-35)10-11-25(26)32-30(36)33-29(39)22-6-4-7-23(17-22)41-28-9-5-8-27(38)24(28)19-37/h4-11,16-17,19,38,40H,12-15,18,20H2,1-3H3,(H,32,33,39). The molecular weight excluding hydrogens is 522 g/mol. The van der Waals surface area contributed by atoms with Crippen molar-refractivity contribution < 1.29 is 24.5 Å². The van der Waals surface area contributed by atoms with Crippen LogP contribution in [0.5, 0.6) is 17.2 Å². The summed E-state index contributed by atoms with van der Waals surface area (Å²) in [4.78, 5) is 34.2. The topological polar surface area (TPSA) is 120 Å². The lowest BCUT2D eigenvalue weighted by molar-refractivity contribution is 0.0630. The molecule has 0 spiro atoms. The maximum absolute atomic E-state index is 13.4. The number of aromatic hydroxyl groups is 1. The van der Waals surface area contributed by atoms with Crippen molar-refractivity contribution in [1.29, 1.82) is 0 Å². The number of piperazine rings is 1. The van der Waals surface area contributed by atoms with Gasteiger partial charge in [0.05, 0.1) is 28.7 Å². The zero-order valence-electron chi connectivity index (χ0n) is 23.5. The number of anilines is 1. The molecule has 41 heavy (non-hydrogen) atoms. The van der Waals surface area contributed by atoms with E-state index in [1.807, 2.05) is 10.6 Å². The minimum atomic E-state index is -1.05. The molecule has 0 saturated carbocycles. The number of aldehydes is 1. The molecule has 214 valence electrons. The van der Waals surface area contributed by atoms with Gasteiger partial charge >= 0.3 is 0 Å². The summed E-state index contributed by atoms with van der Waals surface area (Å²) in [5, 5.41) is 23.5. The average Bonchev–Trinajstić information content (AvgIpc) is 3.25. The van der Waals surface area contributed by atoms with Crippen molar-refractivity contribution in [2.75, 3.05) is 38.5 Å². The summed E-state index contributed by atoms with van der Waals surface area (Å²) in [6.07, 6.45) is 0.519. The number of hydrogen-bond donors (Lipinski definition) is 3. The van der Waals surface area contributed by atoms with Gasteiger partial charge in [0, 0.05) is 38.3 Å². The minimum absolute atomic E-state index is 0.0229. The number of aromatic nitrogens is 2. The van der Waals surface area contributed by atoms with E-state index in [0.717, 1.165) is 43.8 Å². The predicted molar refractivity (Wildman–Crippen MR) is 157 cm³/mol. The average molecular weight is 558 g/mol. The minimum Gasteiger partial charge on any atom is -0.507 e. The Kier molecular flexibility index (Phi) is 8.07. The molecule has 1 amide bonds. The molecule has 3 N–H and O–H groups in total. The maximum atomic E-state index is 13.4. The molecule has 1 fully saturated rings. The number of carbonyl (C=O) groups is 2. The zero-order valence-corrected chi connectivity index (χ0v) is 23.5. The fourth-order valence-electron chi connectivity index (χ4n) is 4.91. The Hall–Kier alpha value is -4.25. The van der Waals surface area contributed by atoms with Gasteiger partial charge in [0.1, 0.15) is 17.2 Å². The summed E-state index contributed by atoms with van der Waals surface area (Å²) < 4.78 is 7.65. The Balaban J connectivity index is 1.40. The highest BCUT2D eigenvalue weighted by molar-refractivity contribution is 6.04. The van der Waals surface area contributed by atoms with E-state index in [0.29, 0.717) is 29.1 Å². The SMILES string of the molecule is CN1CCN(Cc2ccc3nc(NC(=O)c4cccc(Oc5cccc(O)c5C=O)c4)n(CC(C)(C)O)c3c2)CC1. The van der Waals surface area contributed by atoms with E-state index in [1.165, 1.54) is 6.07 Å². The normalized spacial score (nSPS) is 14.7. The second kappa shape index (κ2) is 11.7. The largest absolute Gasteiger partial charge is 0.507 e. The van der Waals surface area contributed by atoms with E-state index in [1.54, 1.807) is 50.2 Å². The highest BCUT2D eigenvalue weighted by Crippen LogP contribution is 2.31. The van der Waals surface area contributed by atoms with E-state index >= 15 is 0 Å². The molecule has 2 heterocycles. The number of hydrogen-bond acceptors (Lipinski definition) is 8. The first-order valence-electron chi connectivity index (χ1n) is 13.6. The molecule has 1 aliphatic heterocycles. The van der Waals surface area contributed by atoms with Crippen LogP contribution in [0.4, 0.5) is 5.95 Å². The van der Waals surface area contributed by atoms with Crippen molar-refractivity contribution in [1.82, 2.24) is 19.4 Å². The third-order valence-corrected chi connectivity index (χ3v) is 7.07. The Morgan fingerprint density at radius 1 is 1.07 bits per heavy atom. The molecular formula is C31H35N5O5. The molecule has 10 nitrogen and oxygen atoms in total. The fourth-order valence-corrected chi connectivity index (χ4v) is 4.91. The van der Waals surface area contributed by atoms with Crippen molar-refractivity contribution in [2.45, 2.75) is 32.5 Å². The number of phenols is 1. The highest BCUT2D eigenvalue weighted by atomic mass is 16.5. The van der Waals surface area contributed by atoms with Crippen LogP contribution >= 0.6 is 0 Å². The molecule has 1 aliphatic rings. The van der Waals surface area contributed by atoms with E-state index in [-0.39, 0.29) is 23.6 Å². The van der Waals surface area contributed by atoms with Crippen LogP contribution in [0.1, 0.15) is 40.1 Å². The third-order valence-electron chi connectivity index (χ3n) is 7.07. The highest BCUT2D eigenvalue weighted by Gasteiger charge is 2.22. The van der Waals surface area contributed by atoms with Gasteiger partial charge in [0.2, 0.25) is 5.95 Å². The molecule has 0 aliphatic carbocycles. The van der Waals surface area contributed by atoms with Crippen LogP contribution < -0.4 is 10.1 Å². The molecule has 3 aromatic carbocycles. The molecule has 1 saturated heterocycles. The van der Waals surface area contributed by atoms with Gasteiger partial charge in [-0.3, -0.25) is 19.8 Å². The molecule has 5 rings (SSSR count). The van der Waals surface area contributed by atoms with Crippen LogP contribution in [-0.4, -0.2) is 80.6 Å². The Morgan fingerprint density at radius 3 is 2.56 bits per heavy atom. The monoisotopic (exact) mass is 557 g/mol. The predicted octanol–water partition coefficient (Wildman–Crippen LogP) is 4.12. The number of nitrogens with one attached hydrogen (secondary N) is 1. The molecule has 0 atom stereocenters. The van der Waals surface area contributed by atoms with Crippen molar-refractivity contribution in [3.05, 3.63) is 77.4 Å². The van der Waals surface area contributed by atoms with Gasteiger partial charge in [0.15, 0.2) is 6.29 Å². The number of nitrogens with zero attached hydrogens (tertiary/aromatic N) is 4. The summed E-state index contributed by atoms with van der Waals surface area (Å²) in [5.41, 5.74) is 1.97. The lowest BCUT2D eigenvalue weighted by Gasteiger charge is -2.32. The van der Waals surface area contributed by atoms with Gasteiger partial charge in [-0.15, -0.1) is 0 Å². The number of rotatable bonds is 9. The van der Waals surface area contributed by atoms with Gasteiger partial charge in [-0.05, 0) is 68.9 Å². The first-order valence-corrected chi connectivity index (χ1v) is 13.6. The number of carbonyl (C=O) groups excluding carboxylic acids is 2. The number of imidazole rings is 1. The van der Waals surface area contributed by atoms with E-state index in [9.17, 15) is 19.8 Å². The summed E-state index contributed by atoms with van der Waals surface area (Å²) in [6, 6.07) is 17.1. The van der Waals surface area contributed by atoms with Crippen LogP contribution in [0.2, 0.25) is 0 Å². The van der Waals surface area contributed by atoms with Crippen molar-refractivity contribution in [3.8, 4) is 17.2 Å². The number of aliphatic hydroxyl groups is 1. The van der Waals surface area contributed by atoms with Crippen molar-refractivity contribution >= 4 is 29.2 Å². The lowest BCUT2D eigenvalue weighted by atomic mass is 10.1. The fraction of sp³-hybridized carbons (Fsp3) is 0.323. The van der Waals surface area contributed by atoms with Crippen molar-refractivity contribution in [3.63, 3.8) is 0 Å². The van der Waals surface area contributed by atoms with Gasteiger partial charge in [0.25, 0.3) is 5.91 Å².